The number of fused-ring (bicyclic) bond motifs is 5. The third-order valence-electron chi connectivity index (χ3n) is 10.2. The van der Waals surface area contributed by atoms with Crippen LogP contribution in [0.5, 0.6) is 0 Å². The van der Waals surface area contributed by atoms with Crippen molar-refractivity contribution in [1.82, 2.24) is 0 Å². The van der Waals surface area contributed by atoms with Crippen molar-refractivity contribution in [1.29, 1.82) is 0 Å². The van der Waals surface area contributed by atoms with E-state index in [1.165, 1.54) is 0 Å². The van der Waals surface area contributed by atoms with Gasteiger partial charge in [-0.15, -0.1) is 0 Å². The molecule has 0 saturated heterocycles. The summed E-state index contributed by atoms with van der Waals surface area (Å²) in [5, 5.41) is 23.5. The number of hydrogen-bond acceptors (Lipinski definition) is 9. The Kier molecular flexibility index (Phi) is 7.26. The molecule has 0 bridgehead atoms. The molecule has 36 heavy (non-hydrogen) atoms. The zero-order chi connectivity index (χ0) is 27.1. The number of aliphatic hydroxyl groups excluding tert-OH is 1. The fraction of sp³-hybridized carbons (Fsp3) is 0.905. The average Bonchev–Trinajstić information content (AvgIpc) is 2.97. The third-order valence-corrected chi connectivity index (χ3v) is 11.5. The van der Waals surface area contributed by atoms with Crippen LogP contribution in [-0.2, 0) is 45.7 Å². The summed E-state index contributed by atoms with van der Waals surface area (Å²) in [6, 6.07) is 0. The molecule has 4 aliphatic rings. The van der Waals surface area contributed by atoms with Crippen molar-refractivity contribution in [2.45, 2.75) is 89.8 Å². The predicted octanol–water partition coefficient (Wildman–Crippen LogP) is 1.51. The molecule has 0 aromatic rings. The standard InChI is InChI=1S/C21H34O12S3/c1-11-5-7-19(3)13-9-15(33-36(28,29)30)21(23)17(22)16(32-35(26)27)14(31-34(24)25)10-20(21,4)12(13)6-8-18(11,19)2/h6,11,13-17,22-23H,5,7-10H2,1-4H3,(H,24,25)(H,26,27)(H,28,29,30)/t11-,13+,14-,15-,16+,17-,18+,19-,20+,21+/m0/s1. The van der Waals surface area contributed by atoms with E-state index in [1.807, 2.05) is 6.08 Å². The summed E-state index contributed by atoms with van der Waals surface area (Å²) < 4.78 is 90.1. The van der Waals surface area contributed by atoms with E-state index >= 15 is 0 Å². The largest absolute Gasteiger partial charge is 0.397 e. The van der Waals surface area contributed by atoms with Gasteiger partial charge in [0, 0.05) is 5.41 Å². The minimum atomic E-state index is -5.10. The Bertz CT molecular complexity index is 1100. The lowest BCUT2D eigenvalue weighted by Gasteiger charge is -2.66. The SMILES string of the molecule is C[C@H]1CC[C@@]2(C)[C@@H]3C[C@H](OS(=O)(=O)O)[C@@]4(O)[C@@H](O)[C@H](OS(=O)O)[C@@H](OS(=O)O)C[C@]4(C)C3=CC[C@]12C. The zero-order valence-corrected chi connectivity index (χ0v) is 22.8. The first-order valence-electron chi connectivity index (χ1n) is 11.7. The van der Waals surface area contributed by atoms with Gasteiger partial charge in [0.15, 0.2) is 0 Å². The highest BCUT2D eigenvalue weighted by atomic mass is 32.3. The maximum Gasteiger partial charge on any atom is 0.397 e. The van der Waals surface area contributed by atoms with Gasteiger partial charge in [-0.25, -0.2) is 4.18 Å². The zero-order valence-electron chi connectivity index (χ0n) is 20.4. The summed E-state index contributed by atoms with van der Waals surface area (Å²) in [7, 11) is -5.10. The van der Waals surface area contributed by atoms with Crippen molar-refractivity contribution in [2.75, 3.05) is 0 Å². The van der Waals surface area contributed by atoms with Crippen LogP contribution in [0.3, 0.4) is 0 Å². The molecular weight excluding hydrogens is 540 g/mol. The van der Waals surface area contributed by atoms with E-state index in [0.717, 1.165) is 12.8 Å². The molecule has 0 aromatic carbocycles. The van der Waals surface area contributed by atoms with Gasteiger partial charge in [-0.3, -0.25) is 22.0 Å². The molecule has 12 nitrogen and oxygen atoms in total. The van der Waals surface area contributed by atoms with Crippen LogP contribution in [0.1, 0.15) is 59.8 Å². The summed E-state index contributed by atoms with van der Waals surface area (Å²) >= 11 is -5.83. The fourth-order valence-electron chi connectivity index (χ4n) is 7.91. The molecule has 208 valence electrons. The monoisotopic (exact) mass is 574 g/mol. The number of rotatable bonds is 6. The van der Waals surface area contributed by atoms with Crippen molar-refractivity contribution in [3.05, 3.63) is 11.6 Å². The third kappa shape index (κ3) is 4.10. The Morgan fingerprint density at radius 1 is 1.08 bits per heavy atom. The van der Waals surface area contributed by atoms with Crippen LogP contribution in [0, 0.1) is 28.1 Å². The molecule has 4 rings (SSSR count). The van der Waals surface area contributed by atoms with Crippen LogP contribution in [0.15, 0.2) is 11.6 Å². The van der Waals surface area contributed by atoms with Crippen LogP contribution in [0.25, 0.3) is 0 Å². The van der Waals surface area contributed by atoms with E-state index in [4.69, 9.17) is 12.5 Å². The Morgan fingerprint density at radius 2 is 1.69 bits per heavy atom. The summed E-state index contributed by atoms with van der Waals surface area (Å²) in [6.45, 7) is 8.03. The fourth-order valence-corrected chi connectivity index (χ4v) is 9.24. The van der Waals surface area contributed by atoms with Crippen molar-refractivity contribution < 1.29 is 53.3 Å². The van der Waals surface area contributed by atoms with E-state index < -0.39 is 68.6 Å². The first-order valence-corrected chi connectivity index (χ1v) is 15.2. The molecule has 0 amide bonds. The van der Waals surface area contributed by atoms with Gasteiger partial charge in [-0.1, -0.05) is 39.3 Å². The highest BCUT2D eigenvalue weighted by Gasteiger charge is 2.73. The quantitative estimate of drug-likeness (QED) is 0.174. The normalized spacial score (nSPS) is 50.4. The summed E-state index contributed by atoms with van der Waals surface area (Å²) in [5.41, 5.74) is -3.70. The average molecular weight is 575 g/mol. The van der Waals surface area contributed by atoms with E-state index in [9.17, 15) is 40.7 Å². The van der Waals surface area contributed by atoms with Crippen molar-refractivity contribution in [3.8, 4) is 0 Å². The van der Waals surface area contributed by atoms with Gasteiger partial charge in [0.2, 0.25) is 0 Å². The predicted molar refractivity (Wildman–Crippen MR) is 127 cm³/mol. The number of aliphatic hydroxyl groups is 2. The first-order chi connectivity index (χ1) is 16.4. The van der Waals surface area contributed by atoms with Gasteiger partial charge < -0.3 is 10.2 Å². The molecule has 15 heteroatoms. The molecule has 0 radical (unpaired) electrons. The van der Waals surface area contributed by atoms with Crippen LogP contribution >= 0.6 is 0 Å². The lowest BCUT2D eigenvalue weighted by Crippen LogP contribution is -2.76. The van der Waals surface area contributed by atoms with Crippen LogP contribution < -0.4 is 0 Å². The molecule has 12 atom stereocenters. The van der Waals surface area contributed by atoms with Gasteiger partial charge in [-0.2, -0.15) is 16.8 Å². The smallest absolute Gasteiger partial charge is 0.387 e. The molecule has 2 unspecified atom stereocenters. The minimum absolute atomic E-state index is 0.0695. The second-order valence-corrected chi connectivity index (χ2v) is 13.7. The van der Waals surface area contributed by atoms with E-state index in [1.54, 1.807) is 6.92 Å². The second-order valence-electron chi connectivity index (χ2n) is 11.4. The molecule has 0 aromatic heterocycles. The molecule has 0 aliphatic heterocycles. The summed E-state index contributed by atoms with van der Waals surface area (Å²) in [6.07, 6.45) is -2.95. The number of allylic oxidation sites excluding steroid dienone is 1. The van der Waals surface area contributed by atoms with Crippen molar-refractivity contribution in [3.63, 3.8) is 0 Å². The second kappa shape index (κ2) is 9.11. The molecule has 0 spiro atoms. The molecular formula is C21H34O12S3. The Morgan fingerprint density at radius 3 is 2.25 bits per heavy atom. The van der Waals surface area contributed by atoms with Crippen LogP contribution in [0.4, 0.5) is 0 Å². The van der Waals surface area contributed by atoms with Crippen LogP contribution in [0.2, 0.25) is 0 Å². The highest BCUT2D eigenvalue weighted by Crippen LogP contribution is 2.71. The van der Waals surface area contributed by atoms with E-state index in [-0.39, 0.29) is 29.6 Å². The minimum Gasteiger partial charge on any atom is -0.387 e. The van der Waals surface area contributed by atoms with Gasteiger partial charge in [0.1, 0.15) is 30.0 Å². The van der Waals surface area contributed by atoms with Gasteiger partial charge in [0.05, 0.1) is 0 Å². The maximum absolute atomic E-state index is 12.1. The van der Waals surface area contributed by atoms with Gasteiger partial charge >= 0.3 is 33.1 Å². The number of hydrogen-bond donors (Lipinski definition) is 5. The summed E-state index contributed by atoms with van der Waals surface area (Å²) in [5.74, 6) is 0.0344. The highest BCUT2D eigenvalue weighted by molar-refractivity contribution is 7.80. The molecule has 3 saturated carbocycles. The molecule has 5 N–H and O–H groups in total. The Labute approximate surface area is 215 Å². The molecule has 0 heterocycles. The topological polar surface area (TPSA) is 197 Å². The Hall–Kier alpha value is -0.330. The Balaban J connectivity index is 1.91. The van der Waals surface area contributed by atoms with Crippen LogP contribution in [-0.4, -0.2) is 70.7 Å². The van der Waals surface area contributed by atoms with Crippen molar-refractivity contribution >= 4 is 33.1 Å². The molecule has 4 aliphatic carbocycles. The molecule has 3 fully saturated rings. The van der Waals surface area contributed by atoms with E-state index in [0.29, 0.717) is 17.9 Å². The van der Waals surface area contributed by atoms with Crippen molar-refractivity contribution in [2.24, 2.45) is 28.1 Å². The van der Waals surface area contributed by atoms with Gasteiger partial charge in [-0.05, 0) is 54.8 Å². The summed E-state index contributed by atoms with van der Waals surface area (Å²) in [4.78, 5) is 0. The maximum atomic E-state index is 12.1. The first kappa shape index (κ1) is 28.7. The lowest BCUT2D eigenvalue weighted by molar-refractivity contribution is -0.273. The lowest BCUT2D eigenvalue weighted by atomic mass is 9.42. The van der Waals surface area contributed by atoms with E-state index in [2.05, 4.69) is 20.8 Å². The van der Waals surface area contributed by atoms with Gasteiger partial charge in [0.25, 0.3) is 0 Å².